The molecule has 0 bridgehead atoms. The van der Waals surface area contributed by atoms with Gasteiger partial charge in [-0.15, -0.1) is 5.10 Å². The average Bonchev–Trinajstić information content (AvgIpc) is 2.80. The number of rotatable bonds is 4. The van der Waals surface area contributed by atoms with Crippen LogP contribution in [-0.2, 0) is 0 Å². The second-order valence-corrected chi connectivity index (χ2v) is 4.87. The van der Waals surface area contributed by atoms with Crippen molar-refractivity contribution in [2.45, 2.75) is 13.0 Å². The van der Waals surface area contributed by atoms with Crippen LogP contribution in [0.4, 0.5) is 16.1 Å². The predicted octanol–water partition coefficient (Wildman–Crippen LogP) is 2.84. The Bertz CT molecular complexity index is 546. The van der Waals surface area contributed by atoms with Crippen molar-refractivity contribution in [2.75, 3.05) is 12.4 Å². The monoisotopic (exact) mass is 362 g/mol. The number of hydrogen-bond acceptors (Lipinski definition) is 5. The normalized spacial score (nSPS) is 12.4. The molecule has 0 fully saturated rings. The molecule has 0 spiro atoms. The maximum atomic E-state index is 12.9. The summed E-state index contributed by atoms with van der Waals surface area (Å²) in [5.74, 6) is 0.220. The van der Waals surface area contributed by atoms with Gasteiger partial charge in [-0.2, -0.15) is 0 Å². The summed E-state index contributed by atoms with van der Waals surface area (Å²) in [4.78, 5) is 0. The Morgan fingerprint density at radius 1 is 1.39 bits per heavy atom. The first-order valence-corrected chi connectivity index (χ1v) is 6.40. The maximum Gasteiger partial charge on any atom is 0.320 e. The molecular weight excluding hydrogens is 350 g/mol. The Balaban J connectivity index is 2.16. The van der Waals surface area contributed by atoms with Crippen molar-refractivity contribution < 1.29 is 8.81 Å². The molecule has 0 radical (unpaired) electrons. The minimum atomic E-state index is -0.278. The first kappa shape index (κ1) is 13.2. The number of nitrogens with zero attached hydrogens (tertiary/aromatic N) is 2. The van der Waals surface area contributed by atoms with Gasteiger partial charge in [0.1, 0.15) is 5.82 Å². The van der Waals surface area contributed by atoms with Crippen LogP contribution in [0, 0.1) is 9.39 Å². The standard InChI is InChI=1S/C11H12FIN4O/c1-6(14-2)10-16-17-11(18-10)15-9-4-3-7(12)5-8(9)13/h3-6,14H,1-2H3,(H,15,17). The van der Waals surface area contributed by atoms with Crippen LogP contribution >= 0.6 is 22.6 Å². The molecule has 2 N–H and O–H groups in total. The molecule has 1 heterocycles. The molecule has 0 aliphatic heterocycles. The van der Waals surface area contributed by atoms with E-state index in [4.69, 9.17) is 4.42 Å². The third-order valence-electron chi connectivity index (χ3n) is 2.42. The van der Waals surface area contributed by atoms with E-state index in [2.05, 4.69) is 20.8 Å². The van der Waals surface area contributed by atoms with Gasteiger partial charge < -0.3 is 15.1 Å². The second kappa shape index (κ2) is 5.61. The van der Waals surface area contributed by atoms with Crippen molar-refractivity contribution in [1.82, 2.24) is 15.5 Å². The highest BCUT2D eigenvalue weighted by molar-refractivity contribution is 14.1. The van der Waals surface area contributed by atoms with Gasteiger partial charge >= 0.3 is 6.01 Å². The van der Waals surface area contributed by atoms with Crippen LogP contribution in [0.1, 0.15) is 18.9 Å². The Morgan fingerprint density at radius 2 is 2.17 bits per heavy atom. The molecule has 1 aromatic heterocycles. The quantitative estimate of drug-likeness (QED) is 0.820. The molecule has 7 heteroatoms. The molecule has 2 aromatic rings. The predicted molar refractivity (Wildman–Crippen MR) is 74.2 cm³/mol. The van der Waals surface area contributed by atoms with Gasteiger partial charge in [-0.05, 0) is 54.8 Å². The van der Waals surface area contributed by atoms with E-state index in [0.717, 1.165) is 9.26 Å². The van der Waals surface area contributed by atoms with E-state index in [0.29, 0.717) is 5.89 Å². The zero-order chi connectivity index (χ0) is 13.1. The lowest BCUT2D eigenvalue weighted by Crippen LogP contribution is -2.12. The smallest absolute Gasteiger partial charge is 0.320 e. The van der Waals surface area contributed by atoms with Crippen molar-refractivity contribution in [3.63, 3.8) is 0 Å². The van der Waals surface area contributed by atoms with Crippen LogP contribution in [0.15, 0.2) is 22.6 Å². The van der Waals surface area contributed by atoms with Crippen molar-refractivity contribution in [1.29, 1.82) is 0 Å². The van der Waals surface area contributed by atoms with Crippen LogP contribution in [0.2, 0.25) is 0 Å². The van der Waals surface area contributed by atoms with Gasteiger partial charge in [0.15, 0.2) is 0 Å². The molecule has 2 rings (SSSR count). The van der Waals surface area contributed by atoms with Gasteiger partial charge in [0.25, 0.3) is 0 Å². The summed E-state index contributed by atoms with van der Waals surface area (Å²) in [6.45, 7) is 1.92. The minimum Gasteiger partial charge on any atom is -0.406 e. The minimum absolute atomic E-state index is 0.0136. The fraction of sp³-hybridized carbons (Fsp3) is 0.273. The van der Waals surface area contributed by atoms with Gasteiger partial charge in [-0.25, -0.2) is 4.39 Å². The van der Waals surface area contributed by atoms with Gasteiger partial charge in [0.2, 0.25) is 5.89 Å². The molecular formula is C11H12FIN4O. The molecule has 0 aliphatic carbocycles. The zero-order valence-corrected chi connectivity index (χ0v) is 12.0. The summed E-state index contributed by atoms with van der Waals surface area (Å²) < 4.78 is 19.1. The van der Waals surface area contributed by atoms with Crippen LogP contribution < -0.4 is 10.6 Å². The largest absolute Gasteiger partial charge is 0.406 e. The third-order valence-corrected chi connectivity index (χ3v) is 3.31. The lowest BCUT2D eigenvalue weighted by atomic mass is 10.3. The van der Waals surface area contributed by atoms with E-state index >= 15 is 0 Å². The van der Waals surface area contributed by atoms with Crippen molar-refractivity contribution in [2.24, 2.45) is 0 Å². The molecule has 0 saturated carbocycles. The van der Waals surface area contributed by atoms with E-state index in [-0.39, 0.29) is 17.9 Å². The number of anilines is 2. The van der Waals surface area contributed by atoms with Gasteiger partial charge in [0.05, 0.1) is 11.7 Å². The Kier molecular flexibility index (Phi) is 4.12. The van der Waals surface area contributed by atoms with Crippen molar-refractivity contribution in [3.05, 3.63) is 33.5 Å². The average molecular weight is 362 g/mol. The lowest BCUT2D eigenvalue weighted by molar-refractivity contribution is 0.443. The van der Waals surface area contributed by atoms with Gasteiger partial charge in [-0.1, -0.05) is 5.10 Å². The van der Waals surface area contributed by atoms with Crippen molar-refractivity contribution >= 4 is 34.3 Å². The lowest BCUT2D eigenvalue weighted by Gasteiger charge is -2.05. The Hall–Kier alpha value is -1.22. The van der Waals surface area contributed by atoms with Crippen molar-refractivity contribution in [3.8, 4) is 0 Å². The maximum absolute atomic E-state index is 12.9. The second-order valence-electron chi connectivity index (χ2n) is 3.70. The molecule has 1 atom stereocenters. The highest BCUT2D eigenvalue weighted by atomic mass is 127. The first-order chi connectivity index (χ1) is 8.60. The SMILES string of the molecule is CNC(C)c1nnc(Nc2ccc(F)cc2I)o1. The van der Waals surface area contributed by atoms with E-state index in [9.17, 15) is 4.39 Å². The van der Waals surface area contributed by atoms with Crippen LogP contribution in [0.25, 0.3) is 0 Å². The van der Waals surface area contributed by atoms with E-state index in [1.807, 2.05) is 36.6 Å². The van der Waals surface area contributed by atoms with Gasteiger partial charge in [-0.3, -0.25) is 0 Å². The topological polar surface area (TPSA) is 63.0 Å². The van der Waals surface area contributed by atoms with Gasteiger partial charge in [0, 0.05) is 3.57 Å². The summed E-state index contributed by atoms with van der Waals surface area (Å²) in [5, 5.41) is 13.8. The molecule has 1 unspecified atom stereocenters. The van der Waals surface area contributed by atoms with Crippen LogP contribution in [-0.4, -0.2) is 17.2 Å². The molecule has 18 heavy (non-hydrogen) atoms. The van der Waals surface area contributed by atoms with Crippen LogP contribution in [0.5, 0.6) is 0 Å². The Morgan fingerprint density at radius 3 is 2.83 bits per heavy atom. The van der Waals surface area contributed by atoms with E-state index in [1.165, 1.54) is 12.1 Å². The summed E-state index contributed by atoms with van der Waals surface area (Å²) in [6.07, 6.45) is 0. The summed E-state index contributed by atoms with van der Waals surface area (Å²) >= 11 is 2.04. The number of aromatic nitrogens is 2. The fourth-order valence-electron chi connectivity index (χ4n) is 1.29. The number of halogens is 2. The fourth-order valence-corrected chi connectivity index (χ4v) is 1.90. The molecule has 96 valence electrons. The highest BCUT2D eigenvalue weighted by Gasteiger charge is 2.12. The van der Waals surface area contributed by atoms with E-state index in [1.54, 1.807) is 6.07 Å². The molecule has 0 amide bonds. The summed E-state index contributed by atoms with van der Waals surface area (Å²) in [7, 11) is 1.81. The number of nitrogens with one attached hydrogen (secondary N) is 2. The zero-order valence-electron chi connectivity index (χ0n) is 9.87. The third kappa shape index (κ3) is 2.96. The summed E-state index contributed by atoms with van der Waals surface area (Å²) in [5.41, 5.74) is 0.726. The number of hydrogen-bond donors (Lipinski definition) is 2. The van der Waals surface area contributed by atoms with E-state index < -0.39 is 0 Å². The number of benzene rings is 1. The molecule has 0 saturated heterocycles. The summed E-state index contributed by atoms with van der Waals surface area (Å²) in [6, 6.07) is 4.70. The molecule has 1 aromatic carbocycles. The highest BCUT2D eigenvalue weighted by Crippen LogP contribution is 2.23. The Labute approximate surface area is 117 Å². The first-order valence-electron chi connectivity index (χ1n) is 5.33. The molecule has 0 aliphatic rings. The molecule has 5 nitrogen and oxygen atoms in total. The van der Waals surface area contributed by atoms with Crippen LogP contribution in [0.3, 0.4) is 0 Å².